The average molecular weight is 339 g/mol. The van der Waals surface area contributed by atoms with Crippen molar-refractivity contribution in [3.8, 4) is 28.5 Å². The Morgan fingerprint density at radius 3 is 2.72 bits per heavy atom. The van der Waals surface area contributed by atoms with Crippen LogP contribution in [0.5, 0.6) is 17.2 Å². The van der Waals surface area contributed by atoms with Crippen LogP contribution in [0.25, 0.3) is 11.3 Å². The molecular formula is C17H13N3O5. The molecule has 0 saturated heterocycles. The fraction of sp³-hybridized carbons (Fsp3) is 0.118. The molecule has 126 valence electrons. The lowest BCUT2D eigenvalue weighted by molar-refractivity contribution is -0.806. The quantitative estimate of drug-likeness (QED) is 0.581. The molecule has 2 aromatic carbocycles. The topological polar surface area (TPSA) is 104 Å². The molecule has 25 heavy (non-hydrogen) atoms. The Morgan fingerprint density at radius 2 is 2.00 bits per heavy atom. The molecule has 4 rings (SSSR count). The Hall–Kier alpha value is -3.55. The standard InChI is InChI=1S/C17H13N3O5/c1-10-17(19-25-20(10)22)12-6-15-16(24-9-23-15)7-13(12)18-8-11-4-2-3-5-14(11)21/h2-8,21H,9H2,1H3. The van der Waals surface area contributed by atoms with Crippen LogP contribution in [-0.2, 0) is 0 Å². The first-order valence-electron chi connectivity index (χ1n) is 7.46. The molecule has 1 N–H and O–H groups in total. The number of hydrogen-bond donors (Lipinski definition) is 1. The summed E-state index contributed by atoms with van der Waals surface area (Å²) < 4.78 is 15.4. The Kier molecular flexibility index (Phi) is 3.50. The number of aliphatic imine (C=N–C) groups is 1. The largest absolute Gasteiger partial charge is 0.507 e. The number of hydrogen-bond acceptors (Lipinski definition) is 7. The smallest absolute Gasteiger partial charge is 0.253 e. The zero-order valence-electron chi connectivity index (χ0n) is 13.2. The highest BCUT2D eigenvalue weighted by Gasteiger charge is 2.24. The first-order valence-corrected chi connectivity index (χ1v) is 7.46. The maximum absolute atomic E-state index is 11.5. The lowest BCUT2D eigenvalue weighted by Crippen LogP contribution is -2.25. The van der Waals surface area contributed by atoms with Crippen LogP contribution in [-0.4, -0.2) is 23.3 Å². The van der Waals surface area contributed by atoms with Gasteiger partial charge < -0.3 is 19.8 Å². The second-order valence-corrected chi connectivity index (χ2v) is 5.40. The van der Waals surface area contributed by atoms with Gasteiger partial charge in [0.05, 0.1) is 11.3 Å². The minimum atomic E-state index is 0.112. The molecule has 0 fully saturated rings. The van der Waals surface area contributed by atoms with Crippen LogP contribution in [0.1, 0.15) is 11.3 Å². The highest BCUT2D eigenvalue weighted by molar-refractivity contribution is 5.88. The van der Waals surface area contributed by atoms with Crippen LogP contribution in [0.15, 0.2) is 46.0 Å². The van der Waals surface area contributed by atoms with Crippen molar-refractivity contribution < 1.29 is 24.1 Å². The second kappa shape index (κ2) is 5.82. The van der Waals surface area contributed by atoms with Gasteiger partial charge in [0.15, 0.2) is 11.5 Å². The Bertz CT molecular complexity index is 980. The van der Waals surface area contributed by atoms with Crippen molar-refractivity contribution >= 4 is 11.9 Å². The van der Waals surface area contributed by atoms with Gasteiger partial charge in [0.25, 0.3) is 5.69 Å². The molecule has 1 aromatic heterocycles. The van der Waals surface area contributed by atoms with Crippen LogP contribution in [0.2, 0.25) is 0 Å². The highest BCUT2D eigenvalue weighted by Crippen LogP contribution is 2.42. The van der Waals surface area contributed by atoms with Crippen LogP contribution < -0.4 is 14.4 Å². The van der Waals surface area contributed by atoms with Crippen molar-refractivity contribution in [3.05, 3.63) is 52.9 Å². The van der Waals surface area contributed by atoms with Crippen LogP contribution >= 0.6 is 0 Å². The van der Waals surface area contributed by atoms with Gasteiger partial charge in [0.2, 0.25) is 12.5 Å². The summed E-state index contributed by atoms with van der Waals surface area (Å²) in [5.74, 6) is 1.20. The molecule has 1 aliphatic heterocycles. The van der Waals surface area contributed by atoms with Crippen LogP contribution in [0.4, 0.5) is 5.69 Å². The van der Waals surface area contributed by atoms with Gasteiger partial charge in [0.1, 0.15) is 5.75 Å². The second-order valence-electron chi connectivity index (χ2n) is 5.40. The summed E-state index contributed by atoms with van der Waals surface area (Å²) in [7, 11) is 0. The summed E-state index contributed by atoms with van der Waals surface area (Å²) in [6.07, 6.45) is 1.52. The van der Waals surface area contributed by atoms with Crippen molar-refractivity contribution in [2.45, 2.75) is 6.92 Å². The van der Waals surface area contributed by atoms with Gasteiger partial charge >= 0.3 is 0 Å². The monoisotopic (exact) mass is 339 g/mol. The first-order chi connectivity index (χ1) is 12.1. The molecule has 3 aromatic rings. The third-order valence-corrected chi connectivity index (χ3v) is 3.85. The van der Waals surface area contributed by atoms with Gasteiger partial charge in [0, 0.05) is 29.9 Å². The number of rotatable bonds is 3. The van der Waals surface area contributed by atoms with E-state index in [0.29, 0.717) is 44.6 Å². The molecule has 0 radical (unpaired) electrons. The number of benzene rings is 2. The number of phenolic OH excluding ortho intramolecular Hbond substituents is 1. The summed E-state index contributed by atoms with van der Waals surface area (Å²) in [5.41, 5.74) is 2.29. The molecule has 8 nitrogen and oxygen atoms in total. The average Bonchev–Trinajstić information content (AvgIpc) is 3.20. The third kappa shape index (κ3) is 2.63. The summed E-state index contributed by atoms with van der Waals surface area (Å²) >= 11 is 0. The van der Waals surface area contributed by atoms with Gasteiger partial charge in [-0.25, -0.2) is 0 Å². The van der Waals surface area contributed by atoms with Crippen molar-refractivity contribution in [2.24, 2.45) is 4.99 Å². The predicted molar refractivity (Wildman–Crippen MR) is 87.1 cm³/mol. The fourth-order valence-electron chi connectivity index (χ4n) is 2.50. The van der Waals surface area contributed by atoms with E-state index in [9.17, 15) is 10.3 Å². The van der Waals surface area contributed by atoms with Crippen molar-refractivity contribution in [3.63, 3.8) is 0 Å². The van der Waals surface area contributed by atoms with Gasteiger partial charge in [-0.15, -0.1) is 0 Å². The van der Waals surface area contributed by atoms with E-state index < -0.39 is 0 Å². The number of para-hydroxylation sites is 1. The van der Waals surface area contributed by atoms with Crippen molar-refractivity contribution in [1.82, 2.24) is 5.16 Å². The van der Waals surface area contributed by atoms with Gasteiger partial charge in [-0.05, 0) is 23.1 Å². The lowest BCUT2D eigenvalue weighted by atomic mass is 10.1. The maximum atomic E-state index is 11.5. The summed E-state index contributed by atoms with van der Waals surface area (Å²) in [5, 5.41) is 25.2. The highest BCUT2D eigenvalue weighted by atomic mass is 16.8. The normalized spacial score (nSPS) is 12.8. The van der Waals surface area contributed by atoms with E-state index in [4.69, 9.17) is 9.47 Å². The van der Waals surface area contributed by atoms with Gasteiger partial charge in [-0.2, -0.15) is 0 Å². The molecule has 0 saturated carbocycles. The predicted octanol–water partition coefficient (Wildman–Crippen LogP) is 2.47. The number of fused-ring (bicyclic) bond motifs is 1. The molecule has 1 aliphatic rings. The number of phenols is 1. The fourth-order valence-corrected chi connectivity index (χ4v) is 2.50. The maximum Gasteiger partial charge on any atom is 0.253 e. The third-order valence-electron chi connectivity index (χ3n) is 3.85. The zero-order chi connectivity index (χ0) is 17.4. The van der Waals surface area contributed by atoms with Crippen LogP contribution in [0.3, 0.4) is 0 Å². The first kappa shape index (κ1) is 15.0. The number of ether oxygens (including phenoxy) is 2. The van der Waals surface area contributed by atoms with E-state index in [0.717, 1.165) is 0 Å². The number of aromatic hydroxyl groups is 1. The lowest BCUT2D eigenvalue weighted by Gasteiger charge is -2.04. The van der Waals surface area contributed by atoms with E-state index in [1.807, 2.05) is 0 Å². The summed E-state index contributed by atoms with van der Waals surface area (Å²) in [4.78, 5) is 4.76. The van der Waals surface area contributed by atoms with Crippen molar-refractivity contribution in [2.75, 3.05) is 6.79 Å². The molecule has 0 bridgehead atoms. The molecule has 0 unspecified atom stereocenters. The van der Waals surface area contributed by atoms with E-state index in [1.54, 1.807) is 43.3 Å². The Balaban J connectivity index is 1.83. The van der Waals surface area contributed by atoms with E-state index in [-0.39, 0.29) is 12.5 Å². The molecule has 0 atom stereocenters. The van der Waals surface area contributed by atoms with Crippen molar-refractivity contribution in [1.29, 1.82) is 0 Å². The Morgan fingerprint density at radius 1 is 1.24 bits per heavy atom. The minimum Gasteiger partial charge on any atom is -0.507 e. The van der Waals surface area contributed by atoms with Gasteiger partial charge in [-0.1, -0.05) is 12.1 Å². The van der Waals surface area contributed by atoms with E-state index in [1.165, 1.54) is 6.21 Å². The molecule has 0 aliphatic carbocycles. The van der Waals surface area contributed by atoms with Crippen LogP contribution in [0, 0.1) is 12.1 Å². The Labute approximate surface area is 142 Å². The van der Waals surface area contributed by atoms with Gasteiger partial charge in [-0.3, -0.25) is 9.62 Å². The summed E-state index contributed by atoms with van der Waals surface area (Å²) in [6, 6.07) is 10.2. The molecule has 0 spiro atoms. The minimum absolute atomic E-state index is 0.112. The molecular weight excluding hydrogens is 326 g/mol. The molecule has 2 heterocycles. The zero-order valence-corrected chi connectivity index (χ0v) is 13.2. The molecule has 0 amide bonds. The number of aromatic nitrogens is 2. The summed E-state index contributed by atoms with van der Waals surface area (Å²) in [6.45, 7) is 1.71. The SMILES string of the molecule is Cc1c(-c2cc3c(cc2N=Cc2ccccc2O)OCO3)no[n+]1[O-]. The molecule has 8 heteroatoms. The van der Waals surface area contributed by atoms with E-state index in [2.05, 4.69) is 14.8 Å². The number of nitrogens with zero attached hydrogens (tertiary/aromatic N) is 3. The van der Waals surface area contributed by atoms with E-state index >= 15 is 0 Å².